The monoisotopic (exact) mass is 474 g/mol. The SMILES string of the molecule is C=C1/C(=C/C=C2\CCC[C@]3(C)[C@@H]([C@@H](C)[C@H](O)CCCC(O)(CC)CC)CC[C@@H]23)C[C@@H](O)C[C@@H]1O. The lowest BCUT2D eigenvalue weighted by atomic mass is 9.60. The molecule has 7 atom stereocenters. The molecular weight excluding hydrogens is 424 g/mol. The topological polar surface area (TPSA) is 80.9 Å². The summed E-state index contributed by atoms with van der Waals surface area (Å²) in [4.78, 5) is 0. The highest BCUT2D eigenvalue weighted by Crippen LogP contribution is 2.60. The fourth-order valence-corrected chi connectivity index (χ4v) is 7.38. The first kappa shape index (κ1) is 27.6. The van der Waals surface area contributed by atoms with Crippen LogP contribution < -0.4 is 0 Å². The van der Waals surface area contributed by atoms with Crippen molar-refractivity contribution in [3.8, 4) is 0 Å². The largest absolute Gasteiger partial charge is 0.393 e. The molecular formula is C30H50O4. The second-order valence-corrected chi connectivity index (χ2v) is 11.9. The van der Waals surface area contributed by atoms with Crippen molar-refractivity contribution in [2.45, 2.75) is 129 Å². The van der Waals surface area contributed by atoms with E-state index < -0.39 is 17.8 Å². The Morgan fingerprint density at radius 1 is 1.18 bits per heavy atom. The van der Waals surface area contributed by atoms with Gasteiger partial charge in [0.25, 0.3) is 0 Å². The van der Waals surface area contributed by atoms with Gasteiger partial charge in [-0.15, -0.1) is 0 Å². The molecule has 0 aromatic carbocycles. The lowest BCUT2D eigenvalue weighted by Gasteiger charge is -2.45. The van der Waals surface area contributed by atoms with E-state index in [1.165, 1.54) is 24.8 Å². The Morgan fingerprint density at radius 3 is 2.56 bits per heavy atom. The van der Waals surface area contributed by atoms with E-state index in [0.29, 0.717) is 24.7 Å². The van der Waals surface area contributed by atoms with Crippen LogP contribution in [0.4, 0.5) is 0 Å². The van der Waals surface area contributed by atoms with Gasteiger partial charge in [-0.3, -0.25) is 0 Å². The molecule has 3 saturated carbocycles. The number of hydrogen-bond donors (Lipinski definition) is 4. The zero-order valence-electron chi connectivity index (χ0n) is 22.1. The van der Waals surface area contributed by atoms with Crippen LogP contribution in [0.25, 0.3) is 0 Å². The van der Waals surface area contributed by atoms with Gasteiger partial charge in [0.05, 0.1) is 23.9 Å². The van der Waals surface area contributed by atoms with E-state index in [1.54, 1.807) is 0 Å². The van der Waals surface area contributed by atoms with Gasteiger partial charge in [-0.25, -0.2) is 0 Å². The molecule has 0 saturated heterocycles. The first-order valence-electron chi connectivity index (χ1n) is 13.9. The third kappa shape index (κ3) is 5.88. The van der Waals surface area contributed by atoms with Crippen LogP contribution >= 0.6 is 0 Å². The van der Waals surface area contributed by atoms with Crippen molar-refractivity contribution in [3.05, 3.63) is 35.5 Å². The number of fused-ring (bicyclic) bond motifs is 1. The third-order valence-electron chi connectivity index (χ3n) is 10.0. The number of allylic oxidation sites excluding steroid dienone is 3. The molecule has 3 rings (SSSR count). The Bertz CT molecular complexity index is 764. The number of rotatable bonds is 9. The van der Waals surface area contributed by atoms with Crippen molar-refractivity contribution in [2.24, 2.45) is 23.2 Å². The minimum atomic E-state index is -0.645. The molecule has 0 radical (unpaired) electrons. The summed E-state index contributed by atoms with van der Waals surface area (Å²) in [6.45, 7) is 12.8. The van der Waals surface area contributed by atoms with Gasteiger partial charge in [-0.1, -0.05) is 52.0 Å². The summed E-state index contributed by atoms with van der Waals surface area (Å²) in [6.07, 6.45) is 13.6. The maximum atomic E-state index is 11.1. The average molecular weight is 475 g/mol. The Kier molecular flexibility index (Phi) is 9.28. The van der Waals surface area contributed by atoms with E-state index in [4.69, 9.17) is 0 Å². The van der Waals surface area contributed by atoms with Crippen LogP contribution in [-0.2, 0) is 0 Å². The number of aliphatic hydroxyl groups is 4. The zero-order chi connectivity index (χ0) is 25.1. The molecule has 0 heterocycles. The zero-order valence-corrected chi connectivity index (χ0v) is 22.1. The predicted molar refractivity (Wildman–Crippen MR) is 139 cm³/mol. The molecule has 4 nitrogen and oxygen atoms in total. The van der Waals surface area contributed by atoms with Gasteiger partial charge >= 0.3 is 0 Å². The third-order valence-corrected chi connectivity index (χ3v) is 10.0. The molecule has 0 spiro atoms. The molecule has 34 heavy (non-hydrogen) atoms. The van der Waals surface area contributed by atoms with Gasteiger partial charge in [0.2, 0.25) is 0 Å². The Morgan fingerprint density at radius 2 is 1.88 bits per heavy atom. The van der Waals surface area contributed by atoms with E-state index in [2.05, 4.69) is 32.6 Å². The Balaban J connectivity index is 1.67. The molecule has 0 bridgehead atoms. The summed E-state index contributed by atoms with van der Waals surface area (Å²) < 4.78 is 0. The lowest BCUT2D eigenvalue weighted by Crippen LogP contribution is -2.39. The Labute approximate surface area is 207 Å². The van der Waals surface area contributed by atoms with E-state index in [-0.39, 0.29) is 17.4 Å². The van der Waals surface area contributed by atoms with Crippen molar-refractivity contribution in [2.75, 3.05) is 0 Å². The highest BCUT2D eigenvalue weighted by Gasteiger charge is 2.51. The van der Waals surface area contributed by atoms with Crippen LogP contribution in [0.2, 0.25) is 0 Å². The minimum Gasteiger partial charge on any atom is -0.393 e. The van der Waals surface area contributed by atoms with E-state index >= 15 is 0 Å². The lowest BCUT2D eigenvalue weighted by molar-refractivity contribution is -0.000322. The van der Waals surface area contributed by atoms with Gasteiger partial charge < -0.3 is 20.4 Å². The van der Waals surface area contributed by atoms with Gasteiger partial charge in [-0.05, 0) is 105 Å². The van der Waals surface area contributed by atoms with Crippen LogP contribution in [0.15, 0.2) is 35.5 Å². The maximum Gasteiger partial charge on any atom is 0.0811 e. The van der Waals surface area contributed by atoms with Crippen molar-refractivity contribution in [1.82, 2.24) is 0 Å². The number of hydrogen-bond acceptors (Lipinski definition) is 4. The second-order valence-electron chi connectivity index (χ2n) is 11.9. The average Bonchev–Trinajstić information content (AvgIpc) is 3.17. The molecule has 4 heteroatoms. The van der Waals surface area contributed by atoms with Gasteiger partial charge in [0, 0.05) is 6.42 Å². The molecule has 0 unspecified atom stereocenters. The Hall–Kier alpha value is -0.940. The van der Waals surface area contributed by atoms with Crippen molar-refractivity contribution < 1.29 is 20.4 Å². The fourth-order valence-electron chi connectivity index (χ4n) is 7.38. The first-order chi connectivity index (χ1) is 16.0. The smallest absolute Gasteiger partial charge is 0.0811 e. The standard InChI is InChI=1S/C30H50O4/c1-6-30(34,7-2)17-9-11-27(32)21(4)25-14-15-26-22(10-8-16-29(25,26)5)12-13-23-18-24(31)19-28(33)20(23)3/h12-13,21,24-28,31-34H,3,6-11,14-19H2,1-2,4-5H3/b22-12+,23-13+/t21-,24-,25-,26+,27-,28+,29-/m1/s1. The van der Waals surface area contributed by atoms with Crippen LogP contribution in [0.3, 0.4) is 0 Å². The van der Waals surface area contributed by atoms with Crippen molar-refractivity contribution in [1.29, 1.82) is 0 Å². The summed E-state index contributed by atoms with van der Waals surface area (Å²) >= 11 is 0. The molecule has 0 aliphatic heterocycles. The van der Waals surface area contributed by atoms with Crippen LogP contribution in [0, 0.1) is 23.2 Å². The molecule has 0 amide bonds. The second kappa shape index (κ2) is 11.4. The molecule has 0 aromatic heterocycles. The quantitative estimate of drug-likeness (QED) is 0.338. The van der Waals surface area contributed by atoms with Gasteiger partial charge in [0.1, 0.15) is 0 Å². The summed E-state index contributed by atoms with van der Waals surface area (Å²) in [6, 6.07) is 0. The van der Waals surface area contributed by atoms with Gasteiger partial charge in [0.15, 0.2) is 0 Å². The minimum absolute atomic E-state index is 0.208. The molecule has 3 aliphatic rings. The molecule has 3 aliphatic carbocycles. The summed E-state index contributed by atoms with van der Waals surface area (Å²) in [5, 5.41) is 41.9. The van der Waals surface area contributed by atoms with Crippen LogP contribution in [0.5, 0.6) is 0 Å². The summed E-state index contributed by atoms with van der Waals surface area (Å²) in [5.41, 5.74) is 2.84. The molecule has 4 N–H and O–H groups in total. The highest BCUT2D eigenvalue weighted by atomic mass is 16.3. The molecule has 3 fully saturated rings. The van der Waals surface area contributed by atoms with Crippen LogP contribution in [0.1, 0.15) is 105 Å². The normalized spacial score (nSPS) is 36.6. The van der Waals surface area contributed by atoms with E-state index in [1.807, 2.05) is 13.8 Å². The first-order valence-corrected chi connectivity index (χ1v) is 13.9. The summed E-state index contributed by atoms with van der Waals surface area (Å²) in [5.74, 6) is 1.30. The fraction of sp³-hybridized carbons (Fsp3) is 0.800. The van der Waals surface area contributed by atoms with Gasteiger partial charge in [-0.2, -0.15) is 0 Å². The van der Waals surface area contributed by atoms with Crippen LogP contribution in [-0.4, -0.2) is 44.3 Å². The van der Waals surface area contributed by atoms with Crippen molar-refractivity contribution >= 4 is 0 Å². The maximum absolute atomic E-state index is 11.1. The molecule has 194 valence electrons. The predicted octanol–water partition coefficient (Wildman–Crippen LogP) is 5.85. The van der Waals surface area contributed by atoms with Crippen molar-refractivity contribution in [3.63, 3.8) is 0 Å². The van der Waals surface area contributed by atoms with E-state index in [0.717, 1.165) is 56.1 Å². The highest BCUT2D eigenvalue weighted by molar-refractivity contribution is 5.38. The molecule has 0 aromatic rings. The summed E-state index contributed by atoms with van der Waals surface area (Å²) in [7, 11) is 0. The number of aliphatic hydroxyl groups excluding tert-OH is 3. The van der Waals surface area contributed by atoms with E-state index in [9.17, 15) is 20.4 Å².